The van der Waals surface area contributed by atoms with Crippen LogP contribution in [0.3, 0.4) is 0 Å². The molecule has 0 saturated carbocycles. The van der Waals surface area contributed by atoms with Crippen molar-refractivity contribution >= 4 is 11.8 Å². The van der Waals surface area contributed by atoms with Gasteiger partial charge in [0.15, 0.2) is 11.6 Å². The summed E-state index contributed by atoms with van der Waals surface area (Å²) in [6.07, 6.45) is 1.22. The molecule has 2 aromatic heterocycles. The van der Waals surface area contributed by atoms with E-state index in [9.17, 15) is 18.0 Å². The fraction of sp³-hybridized carbons (Fsp3) is 0.214. The van der Waals surface area contributed by atoms with E-state index in [-0.39, 0.29) is 40.3 Å². The van der Waals surface area contributed by atoms with Crippen LogP contribution in [0, 0.1) is 30.2 Å². The van der Waals surface area contributed by atoms with Gasteiger partial charge in [-0.2, -0.15) is 0 Å². The van der Waals surface area contributed by atoms with Gasteiger partial charge in [-0.25, -0.2) is 17.6 Å². The summed E-state index contributed by atoms with van der Waals surface area (Å²) in [5.74, 6) is -2.63. The molecule has 0 radical (unpaired) electrons. The van der Waals surface area contributed by atoms with E-state index in [1.807, 2.05) is 0 Å². The van der Waals surface area contributed by atoms with E-state index in [1.54, 1.807) is 13.0 Å². The van der Waals surface area contributed by atoms with Gasteiger partial charge in [-0.1, -0.05) is 18.2 Å². The Kier molecular flexibility index (Phi) is 7.02. The molecular weight excluding hydrogens is 518 g/mol. The minimum Gasteiger partial charge on any atom is -0.494 e. The maximum atomic E-state index is 15.4. The van der Waals surface area contributed by atoms with Gasteiger partial charge in [-0.15, -0.1) is 11.8 Å². The fourth-order valence-corrected chi connectivity index (χ4v) is 6.32. The molecule has 0 amide bonds. The van der Waals surface area contributed by atoms with Crippen molar-refractivity contribution in [3.8, 4) is 16.9 Å². The van der Waals surface area contributed by atoms with E-state index in [4.69, 9.17) is 10.5 Å². The summed E-state index contributed by atoms with van der Waals surface area (Å²) in [6, 6.07) is 8.90. The number of hydrogen-bond acceptors (Lipinski definition) is 5. The molecule has 10 heteroatoms. The first-order chi connectivity index (χ1) is 18.2. The van der Waals surface area contributed by atoms with Crippen LogP contribution in [0.5, 0.6) is 5.75 Å². The number of ether oxygens (including phenoxy) is 1. The van der Waals surface area contributed by atoms with Crippen LogP contribution >= 0.6 is 11.8 Å². The highest BCUT2D eigenvalue weighted by Crippen LogP contribution is 2.43. The van der Waals surface area contributed by atoms with Gasteiger partial charge >= 0.3 is 0 Å². The molecule has 2 N–H and O–H groups in total. The van der Waals surface area contributed by atoms with Crippen molar-refractivity contribution < 1.29 is 22.3 Å². The molecule has 0 bridgehead atoms. The van der Waals surface area contributed by atoms with Crippen molar-refractivity contribution in [1.82, 2.24) is 9.55 Å². The average molecular weight is 542 g/mol. The number of aromatic nitrogens is 2. The van der Waals surface area contributed by atoms with E-state index in [0.717, 1.165) is 12.1 Å². The molecule has 0 aliphatic carbocycles. The molecule has 5 rings (SSSR count). The molecule has 1 unspecified atom stereocenters. The Morgan fingerprint density at radius 1 is 1.05 bits per heavy atom. The first-order valence-corrected chi connectivity index (χ1v) is 12.8. The van der Waals surface area contributed by atoms with Crippen LogP contribution in [-0.4, -0.2) is 22.4 Å². The molecule has 2 atom stereocenters. The van der Waals surface area contributed by atoms with Crippen LogP contribution in [0.25, 0.3) is 11.1 Å². The number of pyridine rings is 2. The Bertz CT molecular complexity index is 1590. The number of rotatable bonds is 6. The monoisotopic (exact) mass is 541 g/mol. The molecule has 3 heterocycles. The van der Waals surface area contributed by atoms with Crippen LogP contribution in [0.15, 0.2) is 64.5 Å². The molecule has 0 spiro atoms. The van der Waals surface area contributed by atoms with Crippen LogP contribution in [0.4, 0.5) is 17.6 Å². The molecule has 0 saturated heterocycles. The molecule has 38 heavy (non-hydrogen) atoms. The third kappa shape index (κ3) is 4.27. The number of nitrogens with two attached hydrogens (primary N) is 1. The highest BCUT2D eigenvalue weighted by Gasteiger charge is 2.36. The van der Waals surface area contributed by atoms with Crippen LogP contribution < -0.4 is 16.0 Å². The lowest BCUT2D eigenvalue weighted by Gasteiger charge is -2.24. The van der Waals surface area contributed by atoms with Crippen LogP contribution in [0.1, 0.15) is 34.5 Å². The maximum absolute atomic E-state index is 15.4. The van der Waals surface area contributed by atoms with Crippen LogP contribution in [-0.2, 0) is 6.42 Å². The lowest BCUT2D eigenvalue weighted by Crippen LogP contribution is -2.34. The summed E-state index contributed by atoms with van der Waals surface area (Å²) >= 11 is 1.28. The zero-order chi connectivity index (χ0) is 27.1. The second-order valence-electron chi connectivity index (χ2n) is 8.93. The number of benzene rings is 2. The van der Waals surface area contributed by atoms with Crippen LogP contribution in [0.2, 0.25) is 0 Å². The van der Waals surface area contributed by atoms with Gasteiger partial charge in [0, 0.05) is 29.5 Å². The second kappa shape index (κ2) is 10.3. The van der Waals surface area contributed by atoms with Gasteiger partial charge in [-0.05, 0) is 48.4 Å². The molecular formula is C28H23F4N3O2S. The molecule has 1 aliphatic rings. The Morgan fingerprint density at radius 3 is 2.42 bits per heavy atom. The SMILES string of the molecule is COc1cccc(-c2c(C)c(Cc3c(F)cccc3F)c3n(c2=O)[C@@H](C(N)c2ncccc2F)CS3)c1F. The minimum atomic E-state index is -1.01. The molecule has 0 fully saturated rings. The van der Waals surface area contributed by atoms with Gasteiger partial charge in [0.25, 0.3) is 5.56 Å². The zero-order valence-corrected chi connectivity index (χ0v) is 21.3. The van der Waals surface area contributed by atoms with Gasteiger partial charge in [-0.3, -0.25) is 14.3 Å². The standard InChI is InChI=1S/C28H23F4N3O2S/c1-14-16(12-17-18(29)7-4-8-19(17)30)28-35(21(13-38-28)25(33)26-20(31)9-5-11-34-26)27(36)23(14)15-6-3-10-22(37-2)24(15)32/h3-11,21,25H,12-13,33H2,1-2H3/t21-,25?/m1/s1. The Labute approximate surface area is 220 Å². The van der Waals surface area contributed by atoms with Crippen molar-refractivity contribution in [2.45, 2.75) is 30.5 Å². The number of nitrogens with zero attached hydrogens (tertiary/aromatic N) is 2. The number of hydrogen-bond donors (Lipinski definition) is 1. The summed E-state index contributed by atoms with van der Waals surface area (Å²) in [5.41, 5.74) is 6.51. The molecule has 4 aromatic rings. The number of fused-ring (bicyclic) bond motifs is 1. The second-order valence-corrected chi connectivity index (χ2v) is 9.94. The number of methoxy groups -OCH3 is 1. The van der Waals surface area contributed by atoms with Gasteiger partial charge < -0.3 is 10.5 Å². The highest BCUT2D eigenvalue weighted by molar-refractivity contribution is 7.99. The maximum Gasteiger partial charge on any atom is 0.260 e. The largest absolute Gasteiger partial charge is 0.494 e. The lowest BCUT2D eigenvalue weighted by atomic mass is 9.93. The fourth-order valence-electron chi connectivity index (χ4n) is 4.88. The Morgan fingerprint density at radius 2 is 1.74 bits per heavy atom. The minimum absolute atomic E-state index is 0.0121. The Balaban J connectivity index is 1.78. The van der Waals surface area contributed by atoms with E-state index >= 15 is 4.39 Å². The van der Waals surface area contributed by atoms with Gasteiger partial charge in [0.1, 0.15) is 17.5 Å². The Hall–Kier alpha value is -3.63. The number of halogens is 4. The summed E-state index contributed by atoms with van der Waals surface area (Å²) in [6.45, 7) is 1.62. The molecule has 5 nitrogen and oxygen atoms in total. The first-order valence-electron chi connectivity index (χ1n) is 11.8. The highest BCUT2D eigenvalue weighted by atomic mass is 32.2. The molecule has 2 aromatic carbocycles. The first kappa shape index (κ1) is 26.0. The van der Waals surface area contributed by atoms with E-state index < -0.39 is 40.9 Å². The van der Waals surface area contributed by atoms with Crippen molar-refractivity contribution in [1.29, 1.82) is 0 Å². The zero-order valence-electron chi connectivity index (χ0n) is 20.5. The van der Waals surface area contributed by atoms with Crippen molar-refractivity contribution in [3.05, 3.63) is 111 Å². The topological polar surface area (TPSA) is 70.1 Å². The molecule has 1 aliphatic heterocycles. The third-order valence-corrected chi connectivity index (χ3v) is 8.07. The van der Waals surface area contributed by atoms with E-state index in [1.165, 1.54) is 60.0 Å². The summed E-state index contributed by atoms with van der Waals surface area (Å²) < 4.78 is 65.9. The van der Waals surface area contributed by atoms with Crippen molar-refractivity contribution in [2.24, 2.45) is 5.73 Å². The lowest BCUT2D eigenvalue weighted by molar-refractivity contribution is 0.387. The smallest absolute Gasteiger partial charge is 0.260 e. The quantitative estimate of drug-likeness (QED) is 0.316. The van der Waals surface area contributed by atoms with Gasteiger partial charge in [0.2, 0.25) is 0 Å². The third-order valence-electron chi connectivity index (χ3n) is 6.84. The van der Waals surface area contributed by atoms with Crippen molar-refractivity contribution in [2.75, 3.05) is 12.9 Å². The normalized spacial score (nSPS) is 15.4. The average Bonchev–Trinajstić information content (AvgIpc) is 3.34. The van der Waals surface area contributed by atoms with E-state index in [0.29, 0.717) is 16.2 Å². The predicted octanol–water partition coefficient (Wildman–Crippen LogP) is 5.72. The summed E-state index contributed by atoms with van der Waals surface area (Å²) in [5, 5.41) is 0.444. The number of thioether (sulfide) groups is 1. The molecule has 196 valence electrons. The summed E-state index contributed by atoms with van der Waals surface area (Å²) in [7, 11) is 1.31. The van der Waals surface area contributed by atoms with Gasteiger partial charge in [0.05, 0.1) is 35.5 Å². The van der Waals surface area contributed by atoms with E-state index in [2.05, 4.69) is 4.98 Å². The summed E-state index contributed by atoms with van der Waals surface area (Å²) in [4.78, 5) is 18.1. The predicted molar refractivity (Wildman–Crippen MR) is 137 cm³/mol. The van der Waals surface area contributed by atoms with Crippen molar-refractivity contribution in [3.63, 3.8) is 0 Å².